The molecule has 1 aliphatic rings. The maximum atomic E-state index is 12.2. The molecule has 0 saturated heterocycles. The van der Waals surface area contributed by atoms with E-state index >= 15 is 0 Å². The normalized spacial score (nSPS) is 22.5. The lowest BCUT2D eigenvalue weighted by molar-refractivity contribution is 0.0942. The van der Waals surface area contributed by atoms with Gasteiger partial charge in [-0.25, -0.2) is 0 Å². The molecule has 4 heteroatoms. The summed E-state index contributed by atoms with van der Waals surface area (Å²) in [5, 5.41) is 3.39. The molecular formula is C16H23ClN2O. The van der Waals surface area contributed by atoms with Gasteiger partial charge >= 0.3 is 0 Å². The lowest BCUT2D eigenvalue weighted by Crippen LogP contribution is -2.31. The second-order valence-electron chi connectivity index (χ2n) is 5.71. The Hall–Kier alpha value is -1.22. The molecule has 3 N–H and O–H groups in total. The van der Waals surface area contributed by atoms with Gasteiger partial charge in [-0.05, 0) is 36.8 Å². The third-order valence-corrected chi connectivity index (χ3v) is 4.68. The number of hydrogen-bond donors (Lipinski definition) is 2. The molecule has 3 nitrogen and oxygen atoms in total. The standard InChI is InChI=1S/C16H23ClN2O/c1-2-11-6-8-12(9-7-11)10-19-16(20)15-13(17)4-3-5-14(15)18/h3-5,11-12H,2,6-10,18H2,1H3,(H,19,20). The Kier molecular flexibility index (Phi) is 5.30. The molecule has 0 aromatic heterocycles. The molecule has 1 aromatic carbocycles. The summed E-state index contributed by atoms with van der Waals surface area (Å²) in [6, 6.07) is 5.15. The van der Waals surface area contributed by atoms with Gasteiger partial charge in [0.15, 0.2) is 0 Å². The first-order valence-corrected chi connectivity index (χ1v) is 7.81. The molecule has 110 valence electrons. The van der Waals surface area contributed by atoms with E-state index in [2.05, 4.69) is 12.2 Å². The lowest BCUT2D eigenvalue weighted by atomic mass is 9.81. The van der Waals surface area contributed by atoms with Gasteiger partial charge in [-0.15, -0.1) is 0 Å². The monoisotopic (exact) mass is 294 g/mol. The van der Waals surface area contributed by atoms with Crippen LogP contribution in [0.2, 0.25) is 5.02 Å². The maximum absolute atomic E-state index is 12.2. The zero-order valence-electron chi connectivity index (χ0n) is 12.0. The molecular weight excluding hydrogens is 272 g/mol. The van der Waals surface area contributed by atoms with Crippen molar-refractivity contribution in [3.05, 3.63) is 28.8 Å². The fourth-order valence-electron chi connectivity index (χ4n) is 2.95. The van der Waals surface area contributed by atoms with Gasteiger partial charge in [0.05, 0.1) is 10.6 Å². The SMILES string of the molecule is CCC1CCC(CNC(=O)c2c(N)cccc2Cl)CC1. The summed E-state index contributed by atoms with van der Waals surface area (Å²) in [4.78, 5) is 12.2. The Labute approximate surface area is 125 Å². The van der Waals surface area contributed by atoms with Crippen molar-refractivity contribution in [3.8, 4) is 0 Å². The van der Waals surface area contributed by atoms with E-state index in [1.165, 1.54) is 32.1 Å². The number of anilines is 1. The van der Waals surface area contributed by atoms with Crippen LogP contribution in [0.4, 0.5) is 5.69 Å². The molecule has 0 radical (unpaired) electrons. The van der Waals surface area contributed by atoms with Crippen LogP contribution < -0.4 is 11.1 Å². The molecule has 1 aromatic rings. The van der Waals surface area contributed by atoms with Crippen LogP contribution in [-0.2, 0) is 0 Å². The number of benzene rings is 1. The molecule has 0 bridgehead atoms. The van der Waals surface area contributed by atoms with Crippen molar-refractivity contribution < 1.29 is 4.79 Å². The number of carbonyl (C=O) groups is 1. The van der Waals surface area contributed by atoms with Crippen LogP contribution >= 0.6 is 11.6 Å². The summed E-state index contributed by atoms with van der Waals surface area (Å²) in [6.07, 6.45) is 6.25. The van der Waals surface area contributed by atoms with Gasteiger partial charge in [0, 0.05) is 12.2 Å². The fourth-order valence-corrected chi connectivity index (χ4v) is 3.22. The average molecular weight is 295 g/mol. The van der Waals surface area contributed by atoms with Crippen molar-refractivity contribution in [3.63, 3.8) is 0 Å². The zero-order valence-corrected chi connectivity index (χ0v) is 12.7. The van der Waals surface area contributed by atoms with Crippen molar-refractivity contribution >= 4 is 23.2 Å². The number of halogens is 1. The first-order valence-electron chi connectivity index (χ1n) is 7.44. The molecule has 1 saturated carbocycles. The number of amides is 1. The van der Waals surface area contributed by atoms with Crippen LogP contribution in [0.25, 0.3) is 0 Å². The molecule has 1 fully saturated rings. The minimum Gasteiger partial charge on any atom is -0.398 e. The van der Waals surface area contributed by atoms with Crippen LogP contribution in [0.15, 0.2) is 18.2 Å². The minimum atomic E-state index is -0.161. The second-order valence-corrected chi connectivity index (χ2v) is 6.12. The highest BCUT2D eigenvalue weighted by Gasteiger charge is 2.21. The third kappa shape index (κ3) is 3.66. The van der Waals surface area contributed by atoms with Gasteiger partial charge in [0.1, 0.15) is 0 Å². The van der Waals surface area contributed by atoms with E-state index in [1.54, 1.807) is 18.2 Å². The number of nitrogens with one attached hydrogen (secondary N) is 1. The highest BCUT2D eigenvalue weighted by Crippen LogP contribution is 2.30. The number of rotatable bonds is 4. The number of nitrogen functional groups attached to an aromatic ring is 1. The second kappa shape index (κ2) is 6.98. The van der Waals surface area contributed by atoms with E-state index in [0.29, 0.717) is 22.2 Å². The maximum Gasteiger partial charge on any atom is 0.254 e. The van der Waals surface area contributed by atoms with Crippen LogP contribution in [0.5, 0.6) is 0 Å². The van der Waals surface area contributed by atoms with E-state index in [-0.39, 0.29) is 5.91 Å². The van der Waals surface area contributed by atoms with Crippen molar-refractivity contribution in [2.75, 3.05) is 12.3 Å². The summed E-state index contributed by atoms with van der Waals surface area (Å²) in [5.41, 5.74) is 6.66. The molecule has 0 atom stereocenters. The van der Waals surface area contributed by atoms with Gasteiger partial charge in [-0.2, -0.15) is 0 Å². The quantitative estimate of drug-likeness (QED) is 0.828. The van der Waals surface area contributed by atoms with Crippen molar-refractivity contribution in [2.24, 2.45) is 11.8 Å². The summed E-state index contributed by atoms with van der Waals surface area (Å²) < 4.78 is 0. The summed E-state index contributed by atoms with van der Waals surface area (Å²) in [5.74, 6) is 1.30. The number of carbonyl (C=O) groups excluding carboxylic acids is 1. The Bertz CT molecular complexity index is 447. The highest BCUT2D eigenvalue weighted by atomic mass is 35.5. The predicted molar refractivity (Wildman–Crippen MR) is 83.9 cm³/mol. The van der Waals surface area contributed by atoms with Gasteiger partial charge in [-0.1, -0.05) is 43.9 Å². The van der Waals surface area contributed by atoms with E-state index in [0.717, 1.165) is 12.5 Å². The van der Waals surface area contributed by atoms with E-state index < -0.39 is 0 Å². The van der Waals surface area contributed by atoms with Gasteiger partial charge in [0.25, 0.3) is 5.91 Å². The Morgan fingerprint density at radius 1 is 1.30 bits per heavy atom. The first kappa shape index (κ1) is 15.2. The van der Waals surface area contributed by atoms with Crippen LogP contribution in [0, 0.1) is 11.8 Å². The topological polar surface area (TPSA) is 55.1 Å². The number of nitrogens with two attached hydrogens (primary N) is 1. The van der Waals surface area contributed by atoms with Crippen molar-refractivity contribution in [1.82, 2.24) is 5.32 Å². The van der Waals surface area contributed by atoms with Crippen LogP contribution in [0.1, 0.15) is 49.4 Å². The predicted octanol–water partition coefficient (Wildman–Crippen LogP) is 3.87. The largest absolute Gasteiger partial charge is 0.398 e. The van der Waals surface area contributed by atoms with E-state index in [1.807, 2.05) is 0 Å². The molecule has 1 aliphatic carbocycles. The molecule has 0 aliphatic heterocycles. The van der Waals surface area contributed by atoms with E-state index in [4.69, 9.17) is 17.3 Å². The summed E-state index contributed by atoms with van der Waals surface area (Å²) in [6.45, 7) is 2.98. The van der Waals surface area contributed by atoms with Gasteiger partial charge in [0.2, 0.25) is 0 Å². The molecule has 0 unspecified atom stereocenters. The average Bonchev–Trinajstić information content (AvgIpc) is 2.45. The Balaban J connectivity index is 1.87. The molecule has 0 heterocycles. The summed E-state index contributed by atoms with van der Waals surface area (Å²) >= 11 is 6.04. The Morgan fingerprint density at radius 3 is 2.55 bits per heavy atom. The minimum absolute atomic E-state index is 0.161. The highest BCUT2D eigenvalue weighted by molar-refractivity contribution is 6.34. The summed E-state index contributed by atoms with van der Waals surface area (Å²) in [7, 11) is 0. The van der Waals surface area contributed by atoms with Gasteiger partial charge in [-0.3, -0.25) is 4.79 Å². The molecule has 2 rings (SSSR count). The van der Waals surface area contributed by atoms with Crippen LogP contribution in [-0.4, -0.2) is 12.5 Å². The number of hydrogen-bond acceptors (Lipinski definition) is 2. The molecule has 1 amide bonds. The fraction of sp³-hybridized carbons (Fsp3) is 0.562. The third-order valence-electron chi connectivity index (χ3n) is 4.37. The van der Waals surface area contributed by atoms with E-state index in [9.17, 15) is 4.79 Å². The van der Waals surface area contributed by atoms with Crippen LogP contribution in [0.3, 0.4) is 0 Å². The van der Waals surface area contributed by atoms with Gasteiger partial charge < -0.3 is 11.1 Å². The van der Waals surface area contributed by atoms with Crippen molar-refractivity contribution in [1.29, 1.82) is 0 Å². The lowest BCUT2D eigenvalue weighted by Gasteiger charge is -2.27. The zero-order chi connectivity index (χ0) is 14.5. The Morgan fingerprint density at radius 2 is 1.95 bits per heavy atom. The van der Waals surface area contributed by atoms with Crippen molar-refractivity contribution in [2.45, 2.75) is 39.0 Å². The first-order chi connectivity index (χ1) is 9.61. The smallest absolute Gasteiger partial charge is 0.254 e. The molecule has 20 heavy (non-hydrogen) atoms. The molecule has 0 spiro atoms.